The van der Waals surface area contributed by atoms with Crippen LogP contribution in [0.3, 0.4) is 0 Å². The maximum atomic E-state index is 12.6. The molecule has 158 valence electrons. The van der Waals surface area contributed by atoms with E-state index in [9.17, 15) is 14.9 Å². The van der Waals surface area contributed by atoms with E-state index < -0.39 is 0 Å². The number of benzene rings is 1. The average molecular weight is 428 g/mol. The maximum absolute atomic E-state index is 12.6. The minimum absolute atomic E-state index is 0.0403. The number of nitriles is 1. The van der Waals surface area contributed by atoms with Gasteiger partial charge >= 0.3 is 0 Å². The topological polar surface area (TPSA) is 91.7 Å². The highest BCUT2D eigenvalue weighted by molar-refractivity contribution is 7.16. The predicted octanol–water partition coefficient (Wildman–Crippen LogP) is 3.12. The fourth-order valence-electron chi connectivity index (χ4n) is 3.48. The van der Waals surface area contributed by atoms with Crippen molar-refractivity contribution in [3.05, 3.63) is 45.8 Å². The number of anilines is 1. The summed E-state index contributed by atoms with van der Waals surface area (Å²) in [5.41, 5.74) is 2.42. The SMILES string of the molecule is CCOc1ccccc1CCC(=O)Nc1sc2c(c1C#N)CCN(C(=O)COC)C2. The van der Waals surface area contributed by atoms with Gasteiger partial charge in [-0.05, 0) is 37.0 Å². The van der Waals surface area contributed by atoms with Crippen LogP contribution in [-0.4, -0.2) is 43.6 Å². The van der Waals surface area contributed by atoms with Crippen molar-refractivity contribution < 1.29 is 19.1 Å². The van der Waals surface area contributed by atoms with Crippen molar-refractivity contribution in [3.63, 3.8) is 0 Å². The lowest BCUT2D eigenvalue weighted by molar-refractivity contribution is -0.136. The minimum Gasteiger partial charge on any atom is -0.494 e. The number of fused-ring (bicyclic) bond motifs is 1. The normalized spacial score (nSPS) is 12.8. The van der Waals surface area contributed by atoms with Gasteiger partial charge in [0.2, 0.25) is 11.8 Å². The highest BCUT2D eigenvalue weighted by Gasteiger charge is 2.27. The monoisotopic (exact) mass is 427 g/mol. The summed E-state index contributed by atoms with van der Waals surface area (Å²) in [7, 11) is 1.49. The van der Waals surface area contributed by atoms with E-state index in [1.54, 1.807) is 4.90 Å². The summed E-state index contributed by atoms with van der Waals surface area (Å²) in [6, 6.07) is 9.91. The van der Waals surface area contributed by atoms with Crippen molar-refractivity contribution in [2.75, 3.05) is 32.2 Å². The van der Waals surface area contributed by atoms with Gasteiger partial charge in [0, 0.05) is 25.0 Å². The van der Waals surface area contributed by atoms with Gasteiger partial charge < -0.3 is 19.7 Å². The Morgan fingerprint density at radius 2 is 2.13 bits per heavy atom. The Balaban J connectivity index is 1.67. The molecule has 0 atom stereocenters. The van der Waals surface area contributed by atoms with Gasteiger partial charge in [-0.25, -0.2) is 0 Å². The van der Waals surface area contributed by atoms with Gasteiger partial charge in [-0.2, -0.15) is 5.26 Å². The Morgan fingerprint density at radius 3 is 2.87 bits per heavy atom. The third-order valence-corrected chi connectivity index (χ3v) is 6.07. The lowest BCUT2D eigenvalue weighted by Gasteiger charge is -2.26. The molecule has 1 aliphatic heterocycles. The van der Waals surface area contributed by atoms with Crippen molar-refractivity contribution >= 4 is 28.2 Å². The number of hydrogen-bond donors (Lipinski definition) is 1. The number of carbonyl (C=O) groups excluding carboxylic acids is 2. The number of nitrogens with zero attached hydrogens (tertiary/aromatic N) is 2. The summed E-state index contributed by atoms with van der Waals surface area (Å²) in [4.78, 5) is 27.3. The molecule has 1 aromatic heterocycles. The zero-order chi connectivity index (χ0) is 21.5. The lowest BCUT2D eigenvalue weighted by Crippen LogP contribution is -2.37. The van der Waals surface area contributed by atoms with Crippen molar-refractivity contribution in [2.24, 2.45) is 0 Å². The summed E-state index contributed by atoms with van der Waals surface area (Å²) in [5.74, 6) is 0.565. The molecule has 8 heteroatoms. The molecular formula is C22H25N3O4S. The van der Waals surface area contributed by atoms with Gasteiger partial charge in [0.05, 0.1) is 18.7 Å². The van der Waals surface area contributed by atoms with E-state index >= 15 is 0 Å². The molecule has 30 heavy (non-hydrogen) atoms. The first-order valence-corrected chi connectivity index (χ1v) is 10.7. The first-order chi connectivity index (χ1) is 14.6. The summed E-state index contributed by atoms with van der Waals surface area (Å²) >= 11 is 1.37. The van der Waals surface area contributed by atoms with E-state index in [2.05, 4.69) is 11.4 Å². The summed E-state index contributed by atoms with van der Waals surface area (Å²) in [6.45, 7) is 3.52. The van der Waals surface area contributed by atoms with Crippen molar-refractivity contribution in [1.29, 1.82) is 5.26 Å². The zero-order valence-corrected chi connectivity index (χ0v) is 18.0. The number of rotatable bonds is 8. The minimum atomic E-state index is -0.149. The third kappa shape index (κ3) is 4.99. The highest BCUT2D eigenvalue weighted by atomic mass is 32.1. The van der Waals surface area contributed by atoms with E-state index in [0.29, 0.717) is 43.1 Å². The first kappa shape index (κ1) is 21.8. The van der Waals surface area contributed by atoms with Crippen LogP contribution < -0.4 is 10.1 Å². The van der Waals surface area contributed by atoms with Crippen LogP contribution in [0.25, 0.3) is 0 Å². The standard InChI is InChI=1S/C22H25N3O4S/c1-3-29-18-7-5-4-6-15(18)8-9-20(26)24-22-17(12-23)16-10-11-25(13-19(16)30-22)21(27)14-28-2/h4-7H,3,8-11,13-14H2,1-2H3,(H,24,26). The Labute approximate surface area is 180 Å². The molecule has 3 rings (SSSR count). The molecule has 0 saturated carbocycles. The molecule has 7 nitrogen and oxygen atoms in total. The Kier molecular flexibility index (Phi) is 7.44. The second kappa shape index (κ2) is 10.2. The summed E-state index contributed by atoms with van der Waals surface area (Å²) in [5, 5.41) is 13.1. The second-order valence-corrected chi connectivity index (χ2v) is 8.01. The van der Waals surface area contributed by atoms with Gasteiger partial charge in [0.1, 0.15) is 23.4 Å². The van der Waals surface area contributed by atoms with Gasteiger partial charge in [0.25, 0.3) is 0 Å². The van der Waals surface area contributed by atoms with Gasteiger partial charge in [-0.3, -0.25) is 9.59 Å². The van der Waals surface area contributed by atoms with Crippen molar-refractivity contribution in [3.8, 4) is 11.8 Å². The molecule has 2 heterocycles. The summed E-state index contributed by atoms with van der Waals surface area (Å²) in [6.07, 6.45) is 1.44. The van der Waals surface area contributed by atoms with Crippen LogP contribution >= 0.6 is 11.3 Å². The molecule has 0 radical (unpaired) electrons. The van der Waals surface area contributed by atoms with Crippen LogP contribution in [0.4, 0.5) is 5.00 Å². The fourth-order valence-corrected chi connectivity index (χ4v) is 4.71. The van der Waals surface area contributed by atoms with Crippen LogP contribution in [0.15, 0.2) is 24.3 Å². The van der Waals surface area contributed by atoms with Gasteiger partial charge in [-0.1, -0.05) is 18.2 Å². The average Bonchev–Trinajstić information content (AvgIpc) is 3.09. The number of aryl methyl sites for hydroxylation is 1. The van der Waals surface area contributed by atoms with E-state index in [4.69, 9.17) is 9.47 Å². The molecule has 0 saturated heterocycles. The predicted molar refractivity (Wildman–Crippen MR) is 115 cm³/mol. The number of amides is 2. The number of methoxy groups -OCH3 is 1. The Bertz CT molecular complexity index is 964. The third-order valence-electron chi connectivity index (χ3n) is 4.94. The number of ether oxygens (including phenoxy) is 2. The Hall–Kier alpha value is -2.89. The molecular weight excluding hydrogens is 402 g/mol. The van der Waals surface area contributed by atoms with Crippen molar-refractivity contribution in [2.45, 2.75) is 32.7 Å². The van der Waals surface area contributed by atoms with Gasteiger partial charge in [0.15, 0.2) is 0 Å². The van der Waals surface area contributed by atoms with E-state index in [1.165, 1.54) is 18.4 Å². The maximum Gasteiger partial charge on any atom is 0.248 e. The lowest BCUT2D eigenvalue weighted by atomic mass is 10.0. The largest absolute Gasteiger partial charge is 0.494 e. The molecule has 2 aromatic rings. The number of para-hydroxylation sites is 1. The van der Waals surface area contributed by atoms with Crippen LogP contribution in [0, 0.1) is 11.3 Å². The molecule has 0 fully saturated rings. The fraction of sp³-hybridized carbons (Fsp3) is 0.409. The van der Waals surface area contributed by atoms with Crippen molar-refractivity contribution in [1.82, 2.24) is 4.90 Å². The van der Waals surface area contributed by atoms with Crippen LogP contribution in [0.2, 0.25) is 0 Å². The molecule has 1 aliphatic rings. The number of thiophene rings is 1. The quantitative estimate of drug-likeness (QED) is 0.699. The van der Waals surface area contributed by atoms with Crippen LogP contribution in [0.1, 0.15) is 34.9 Å². The molecule has 0 bridgehead atoms. The van der Waals surface area contributed by atoms with Crippen LogP contribution in [-0.2, 0) is 33.7 Å². The first-order valence-electron chi connectivity index (χ1n) is 9.89. The van der Waals surface area contributed by atoms with Gasteiger partial charge in [-0.15, -0.1) is 11.3 Å². The summed E-state index contributed by atoms with van der Waals surface area (Å²) < 4.78 is 10.5. The smallest absolute Gasteiger partial charge is 0.248 e. The van der Waals surface area contributed by atoms with Crippen LogP contribution in [0.5, 0.6) is 5.75 Å². The Morgan fingerprint density at radius 1 is 1.33 bits per heavy atom. The molecule has 2 amide bonds. The van der Waals surface area contributed by atoms with E-state index in [-0.39, 0.29) is 24.8 Å². The molecule has 0 unspecified atom stereocenters. The molecule has 0 spiro atoms. The second-order valence-electron chi connectivity index (χ2n) is 6.91. The number of nitrogens with one attached hydrogen (secondary N) is 1. The highest BCUT2D eigenvalue weighted by Crippen LogP contribution is 2.36. The molecule has 1 N–H and O–H groups in total. The van der Waals surface area contributed by atoms with E-state index in [0.717, 1.165) is 21.8 Å². The molecule has 1 aromatic carbocycles. The molecule has 0 aliphatic carbocycles. The van der Waals surface area contributed by atoms with E-state index in [1.807, 2.05) is 31.2 Å². The number of hydrogen-bond acceptors (Lipinski definition) is 6. The zero-order valence-electron chi connectivity index (χ0n) is 17.2. The number of carbonyl (C=O) groups is 2.